The number of carbonyl (C=O) groups excluding carboxylic acids is 1. The molecule has 0 aliphatic heterocycles. The highest BCUT2D eigenvalue weighted by Crippen LogP contribution is 2.30. The van der Waals surface area contributed by atoms with E-state index in [1.54, 1.807) is 23.1 Å². The molecule has 4 rings (SSSR count). The molecule has 2 aromatic heterocycles. The number of rotatable bonds is 10. The molecule has 0 aliphatic carbocycles. The van der Waals surface area contributed by atoms with Crippen LogP contribution in [0.25, 0.3) is 22.4 Å². The number of likely N-dealkylation sites (N-methyl/N-ethyl adjacent to an activating group) is 1. The van der Waals surface area contributed by atoms with Crippen LogP contribution in [0.5, 0.6) is 5.75 Å². The number of aryl methyl sites for hydroxylation is 2. The third kappa shape index (κ3) is 6.42. The first kappa shape index (κ1) is 26.1. The highest BCUT2D eigenvalue weighted by molar-refractivity contribution is 5.96. The van der Waals surface area contributed by atoms with E-state index in [1.165, 1.54) is 4.68 Å². The number of ether oxygens (including phenoxy) is 1. The lowest BCUT2D eigenvalue weighted by atomic mass is 9.96. The van der Waals surface area contributed by atoms with E-state index in [9.17, 15) is 9.18 Å². The quantitative estimate of drug-likeness (QED) is 0.341. The van der Waals surface area contributed by atoms with Crippen LogP contribution in [0, 0.1) is 6.92 Å². The van der Waals surface area contributed by atoms with Gasteiger partial charge in [0.05, 0.1) is 17.9 Å². The summed E-state index contributed by atoms with van der Waals surface area (Å²) in [4.78, 5) is 15.3. The van der Waals surface area contributed by atoms with E-state index in [4.69, 9.17) is 4.74 Å². The van der Waals surface area contributed by atoms with Crippen molar-refractivity contribution in [2.75, 3.05) is 27.2 Å². The highest BCUT2D eigenvalue weighted by Gasteiger charge is 2.17. The van der Waals surface area contributed by atoms with Gasteiger partial charge in [0.1, 0.15) is 12.4 Å². The van der Waals surface area contributed by atoms with E-state index in [2.05, 4.69) is 15.5 Å². The Morgan fingerprint density at radius 2 is 1.92 bits per heavy atom. The molecule has 0 radical (unpaired) electrons. The third-order valence-corrected chi connectivity index (χ3v) is 6.16. The molecule has 1 N–H and O–H groups in total. The van der Waals surface area contributed by atoms with Gasteiger partial charge in [-0.1, -0.05) is 6.07 Å². The van der Waals surface area contributed by atoms with Crippen molar-refractivity contribution >= 4 is 5.91 Å². The predicted molar refractivity (Wildman–Crippen MR) is 142 cm³/mol. The molecular weight excluding hydrogens is 471 g/mol. The highest BCUT2D eigenvalue weighted by atomic mass is 19.1. The Kier molecular flexibility index (Phi) is 8.03. The zero-order valence-corrected chi connectivity index (χ0v) is 21.9. The standard InChI is InChI=1S/C28H33FN6O2/c1-19-6-7-25(37-11-10-33(3)4)15-26(19)28(36)31-20(2)21-12-22(24-16-30-35(17-24)18-29)14-23(13-21)27-8-9-34(5)32-27/h6-9,12-17,20H,10-11,18H2,1-5H3,(H,31,36)/t20-/m1/s1. The molecule has 0 saturated carbocycles. The van der Waals surface area contributed by atoms with Gasteiger partial charge in [-0.3, -0.25) is 9.48 Å². The number of nitrogens with one attached hydrogen (secondary N) is 1. The summed E-state index contributed by atoms with van der Waals surface area (Å²) in [5, 5.41) is 11.7. The van der Waals surface area contributed by atoms with Gasteiger partial charge in [-0.05, 0) is 81.0 Å². The van der Waals surface area contributed by atoms with Crippen molar-refractivity contribution < 1.29 is 13.9 Å². The fourth-order valence-electron chi connectivity index (χ4n) is 4.00. The number of hydrogen-bond acceptors (Lipinski definition) is 5. The topological polar surface area (TPSA) is 77.2 Å². The minimum absolute atomic E-state index is 0.182. The maximum absolute atomic E-state index is 13.3. The van der Waals surface area contributed by atoms with E-state index in [0.29, 0.717) is 17.9 Å². The van der Waals surface area contributed by atoms with Gasteiger partial charge in [-0.2, -0.15) is 10.2 Å². The molecule has 1 atom stereocenters. The second-order valence-electron chi connectivity index (χ2n) is 9.43. The van der Waals surface area contributed by atoms with Crippen molar-refractivity contribution in [3.8, 4) is 28.1 Å². The number of alkyl halides is 1. The minimum Gasteiger partial charge on any atom is -0.492 e. The van der Waals surface area contributed by atoms with Crippen LogP contribution in [-0.4, -0.2) is 57.6 Å². The van der Waals surface area contributed by atoms with E-state index < -0.39 is 6.80 Å². The predicted octanol–water partition coefficient (Wildman–Crippen LogP) is 4.62. The Morgan fingerprint density at radius 1 is 1.14 bits per heavy atom. The summed E-state index contributed by atoms with van der Waals surface area (Å²) in [5.41, 5.74) is 5.69. The van der Waals surface area contributed by atoms with Gasteiger partial charge in [-0.15, -0.1) is 0 Å². The summed E-state index contributed by atoms with van der Waals surface area (Å²) in [6.07, 6.45) is 5.18. The van der Waals surface area contributed by atoms with E-state index >= 15 is 0 Å². The molecule has 194 valence electrons. The van der Waals surface area contributed by atoms with Crippen LogP contribution in [0.4, 0.5) is 4.39 Å². The third-order valence-electron chi connectivity index (χ3n) is 6.16. The molecule has 4 aromatic rings. The summed E-state index contributed by atoms with van der Waals surface area (Å²) in [5.74, 6) is 0.479. The fraction of sp³-hybridized carbons (Fsp3) is 0.321. The number of amides is 1. The number of carbonyl (C=O) groups is 1. The average molecular weight is 505 g/mol. The van der Waals surface area contributed by atoms with Gasteiger partial charge in [0.25, 0.3) is 5.91 Å². The molecule has 0 aliphatic rings. The number of hydrogen-bond donors (Lipinski definition) is 1. The first-order valence-electron chi connectivity index (χ1n) is 12.2. The summed E-state index contributed by atoms with van der Waals surface area (Å²) in [6, 6.07) is 13.2. The van der Waals surface area contributed by atoms with Crippen LogP contribution in [0.2, 0.25) is 0 Å². The maximum Gasteiger partial charge on any atom is 0.252 e. The van der Waals surface area contributed by atoms with Crippen LogP contribution in [0.3, 0.4) is 0 Å². The number of benzene rings is 2. The maximum atomic E-state index is 13.3. The molecule has 0 saturated heterocycles. The average Bonchev–Trinajstić information content (AvgIpc) is 3.53. The van der Waals surface area contributed by atoms with E-state index in [1.807, 2.05) is 82.5 Å². The van der Waals surface area contributed by atoms with Gasteiger partial charge >= 0.3 is 0 Å². The SMILES string of the molecule is Cc1ccc(OCCN(C)C)cc1C(=O)N[C@H](C)c1cc(-c2cnn(CF)c2)cc(-c2ccn(C)n2)c1. The monoisotopic (exact) mass is 504 g/mol. The Hall–Kier alpha value is -3.98. The molecule has 0 spiro atoms. The Balaban J connectivity index is 1.60. The van der Waals surface area contributed by atoms with Gasteiger partial charge in [0.15, 0.2) is 6.80 Å². The van der Waals surface area contributed by atoms with Crippen molar-refractivity contribution in [3.63, 3.8) is 0 Å². The minimum atomic E-state index is -0.698. The van der Waals surface area contributed by atoms with Gasteiger partial charge in [0, 0.05) is 42.7 Å². The molecular formula is C28H33FN6O2. The zero-order chi connectivity index (χ0) is 26.5. The van der Waals surface area contributed by atoms with E-state index in [0.717, 1.165) is 40.1 Å². The Labute approximate surface area is 216 Å². The second-order valence-corrected chi connectivity index (χ2v) is 9.43. The van der Waals surface area contributed by atoms with Crippen LogP contribution in [0.1, 0.15) is 34.5 Å². The number of aromatic nitrogens is 4. The molecule has 1 amide bonds. The molecule has 2 aromatic carbocycles. The Bertz CT molecular complexity index is 1380. The van der Waals surface area contributed by atoms with Crippen LogP contribution < -0.4 is 10.1 Å². The van der Waals surface area contributed by atoms with Crippen LogP contribution in [0.15, 0.2) is 61.1 Å². The summed E-state index contributed by atoms with van der Waals surface area (Å²) in [7, 11) is 5.84. The van der Waals surface area contributed by atoms with Crippen molar-refractivity contribution in [1.82, 2.24) is 29.8 Å². The molecule has 8 nitrogen and oxygen atoms in total. The molecule has 2 heterocycles. The molecule has 37 heavy (non-hydrogen) atoms. The smallest absolute Gasteiger partial charge is 0.252 e. The fourth-order valence-corrected chi connectivity index (χ4v) is 4.00. The summed E-state index contributed by atoms with van der Waals surface area (Å²) >= 11 is 0. The summed E-state index contributed by atoms with van der Waals surface area (Å²) in [6.45, 7) is 4.47. The van der Waals surface area contributed by atoms with Gasteiger partial charge in [-0.25, -0.2) is 9.07 Å². The second kappa shape index (κ2) is 11.4. The van der Waals surface area contributed by atoms with Crippen molar-refractivity contribution in [3.05, 3.63) is 77.7 Å². The van der Waals surface area contributed by atoms with Gasteiger partial charge in [0.2, 0.25) is 0 Å². The lowest BCUT2D eigenvalue weighted by Crippen LogP contribution is -2.27. The lowest BCUT2D eigenvalue weighted by Gasteiger charge is -2.18. The number of halogens is 1. The lowest BCUT2D eigenvalue weighted by molar-refractivity contribution is 0.0938. The van der Waals surface area contributed by atoms with Crippen molar-refractivity contribution in [1.29, 1.82) is 0 Å². The molecule has 0 fully saturated rings. The Morgan fingerprint density at radius 3 is 2.59 bits per heavy atom. The number of nitrogens with zero attached hydrogens (tertiary/aromatic N) is 5. The molecule has 9 heteroatoms. The largest absolute Gasteiger partial charge is 0.492 e. The molecule has 0 bridgehead atoms. The first-order chi connectivity index (χ1) is 17.7. The van der Waals surface area contributed by atoms with Crippen molar-refractivity contribution in [2.24, 2.45) is 7.05 Å². The normalized spacial score (nSPS) is 12.1. The first-order valence-corrected chi connectivity index (χ1v) is 12.2. The van der Waals surface area contributed by atoms with Gasteiger partial charge < -0.3 is 15.0 Å². The van der Waals surface area contributed by atoms with Crippen LogP contribution in [-0.2, 0) is 13.8 Å². The van der Waals surface area contributed by atoms with Crippen LogP contribution >= 0.6 is 0 Å². The van der Waals surface area contributed by atoms with Crippen molar-refractivity contribution in [2.45, 2.75) is 26.7 Å². The molecule has 0 unspecified atom stereocenters. The van der Waals surface area contributed by atoms with E-state index in [-0.39, 0.29) is 11.9 Å². The zero-order valence-electron chi connectivity index (χ0n) is 21.9. The summed E-state index contributed by atoms with van der Waals surface area (Å²) < 4.78 is 21.9.